The smallest absolute Gasteiger partial charge is 0.197 e. The second kappa shape index (κ2) is 23.1. The maximum Gasteiger partial charge on any atom is 0.197 e. The number of halogens is 2. The van der Waals surface area contributed by atoms with Crippen molar-refractivity contribution in [2.45, 2.75) is 75.4 Å². The quantitative estimate of drug-likeness (QED) is 0.0754. The number of hydrogen-bond donors (Lipinski definition) is 0. The number of benzene rings is 2. The lowest BCUT2D eigenvalue weighted by Gasteiger charge is -2.17. The molecular formula is C46H50F2N12O8S4. The summed E-state index contributed by atoms with van der Waals surface area (Å²) in [5, 5.41) is 20.4. The summed E-state index contributed by atoms with van der Waals surface area (Å²) in [6.45, 7) is 7.11. The van der Waals surface area contributed by atoms with Crippen molar-refractivity contribution >= 4 is 42.3 Å². The predicted molar refractivity (Wildman–Crippen MR) is 265 cm³/mol. The molecule has 2 atom stereocenters. The van der Waals surface area contributed by atoms with Crippen molar-refractivity contribution in [3.05, 3.63) is 118 Å². The van der Waals surface area contributed by atoms with E-state index in [2.05, 4.69) is 50.3 Å². The highest BCUT2D eigenvalue weighted by Gasteiger charge is 2.32. The van der Waals surface area contributed by atoms with Gasteiger partial charge in [-0.15, -0.1) is 43.1 Å². The minimum atomic E-state index is -3.76. The molecule has 0 aliphatic heterocycles. The summed E-state index contributed by atoms with van der Waals surface area (Å²) in [6, 6.07) is 10.5. The molecular weight excluding hydrogens is 1010 g/mol. The average Bonchev–Trinajstić information content (AvgIpc) is 4.22. The maximum atomic E-state index is 13.4. The summed E-state index contributed by atoms with van der Waals surface area (Å²) < 4.78 is 105. The summed E-state index contributed by atoms with van der Waals surface area (Å²) in [4.78, 5) is 24.8. The van der Waals surface area contributed by atoms with Crippen LogP contribution in [0.2, 0.25) is 0 Å². The number of thiazole rings is 2. The van der Waals surface area contributed by atoms with E-state index in [0.29, 0.717) is 56.0 Å². The largest absolute Gasteiger partial charge is 0.494 e. The zero-order valence-corrected chi connectivity index (χ0v) is 43.6. The van der Waals surface area contributed by atoms with Gasteiger partial charge in [0.05, 0.1) is 75.1 Å². The molecule has 20 nitrogen and oxygen atoms in total. The van der Waals surface area contributed by atoms with Crippen molar-refractivity contribution in [1.82, 2.24) is 59.4 Å². The third-order valence-corrected chi connectivity index (χ3v) is 17.0. The number of para-hydroxylation sites is 2. The molecule has 26 heteroatoms. The van der Waals surface area contributed by atoms with Crippen LogP contribution in [0.15, 0.2) is 71.9 Å². The van der Waals surface area contributed by atoms with Gasteiger partial charge in [0.25, 0.3) is 0 Å². The van der Waals surface area contributed by atoms with Gasteiger partial charge in [-0.05, 0) is 51.0 Å². The summed E-state index contributed by atoms with van der Waals surface area (Å²) >= 11 is 2.78. The van der Waals surface area contributed by atoms with Crippen LogP contribution in [0, 0.1) is 11.6 Å². The van der Waals surface area contributed by atoms with Crippen LogP contribution in [-0.2, 0) is 56.9 Å². The molecule has 0 N–H and O–H groups in total. The fourth-order valence-electron chi connectivity index (χ4n) is 7.12. The van der Waals surface area contributed by atoms with Crippen LogP contribution in [-0.4, -0.2) is 115 Å². The number of nitrogens with zero attached hydrogens (tertiary/aromatic N) is 12. The first-order valence-electron chi connectivity index (χ1n) is 22.1. The molecule has 6 aromatic heterocycles. The molecule has 0 fully saturated rings. The van der Waals surface area contributed by atoms with Crippen LogP contribution in [0.4, 0.5) is 8.78 Å². The Hall–Kier alpha value is -6.90. The molecule has 8 rings (SSSR count). The second-order valence-corrected chi connectivity index (χ2v) is 22.4. The first kappa shape index (κ1) is 52.9. The van der Waals surface area contributed by atoms with Crippen molar-refractivity contribution in [3.63, 3.8) is 0 Å². The second-order valence-electron chi connectivity index (χ2n) is 15.8. The van der Waals surface area contributed by atoms with Gasteiger partial charge in [-0.3, -0.25) is 9.13 Å². The first-order chi connectivity index (χ1) is 34.5. The molecule has 2 aromatic carbocycles. The van der Waals surface area contributed by atoms with Crippen LogP contribution in [0.3, 0.4) is 0 Å². The van der Waals surface area contributed by atoms with Crippen LogP contribution in [0.5, 0.6) is 23.0 Å². The number of rotatable bonds is 20. The van der Waals surface area contributed by atoms with Crippen molar-refractivity contribution < 1.29 is 44.6 Å². The molecule has 0 saturated carbocycles. The zero-order valence-electron chi connectivity index (χ0n) is 40.3. The summed E-state index contributed by atoms with van der Waals surface area (Å²) in [5.41, 5.74) is 2.71. The Labute approximate surface area is 422 Å². The van der Waals surface area contributed by atoms with Gasteiger partial charge in [0, 0.05) is 23.6 Å². The normalized spacial score (nSPS) is 12.5. The Morgan fingerprint density at radius 2 is 0.889 bits per heavy atom. The van der Waals surface area contributed by atoms with Gasteiger partial charge in [0.2, 0.25) is 0 Å². The van der Waals surface area contributed by atoms with E-state index in [9.17, 15) is 25.6 Å². The zero-order chi connectivity index (χ0) is 51.7. The third kappa shape index (κ3) is 11.9. The molecule has 0 unspecified atom stereocenters. The van der Waals surface area contributed by atoms with E-state index in [0.717, 1.165) is 49.0 Å². The molecule has 0 radical (unpaired) electrons. The van der Waals surface area contributed by atoms with Crippen LogP contribution in [0.1, 0.15) is 62.4 Å². The van der Waals surface area contributed by atoms with Crippen LogP contribution < -0.4 is 18.9 Å². The van der Waals surface area contributed by atoms with Crippen LogP contribution >= 0.6 is 22.7 Å². The molecule has 8 aromatic rings. The van der Waals surface area contributed by atoms with E-state index >= 15 is 0 Å². The Morgan fingerprint density at radius 3 is 1.18 bits per heavy atom. The molecule has 0 aliphatic rings. The minimum Gasteiger partial charge on any atom is -0.494 e. The minimum absolute atomic E-state index is 0.0218. The van der Waals surface area contributed by atoms with Crippen molar-refractivity contribution in [2.75, 3.05) is 28.4 Å². The van der Waals surface area contributed by atoms with Crippen LogP contribution in [0.25, 0.3) is 33.0 Å². The van der Waals surface area contributed by atoms with Gasteiger partial charge in [0.15, 0.2) is 64.6 Å². The number of aromatic nitrogens is 12. The van der Waals surface area contributed by atoms with E-state index < -0.39 is 53.3 Å². The number of hydrogen-bond acceptors (Lipinski definition) is 20. The molecule has 380 valence electrons. The molecule has 72 heavy (non-hydrogen) atoms. The van der Waals surface area contributed by atoms with Gasteiger partial charge in [-0.1, -0.05) is 26.0 Å². The van der Waals surface area contributed by atoms with Gasteiger partial charge in [-0.2, -0.15) is 0 Å². The Balaban J connectivity index is 0.000000211. The lowest BCUT2D eigenvalue weighted by atomic mass is 10.2. The SMILES string of the molecule is CCc1csc(-c2nnc(CS(=O)(=O)[C@@H](C)Cc3ncc(F)cn3)n2-c2c(OC)cccc2OC)n1.CCc1csc(-c2nnc(CS(=O)(=O)[C@H](C)Cc3ncc(F)cn3)n2-c2c(OC)cccc2OC)n1. The molecule has 0 aliphatic carbocycles. The topological polar surface area (TPSA) is 244 Å². The lowest BCUT2D eigenvalue weighted by molar-refractivity contribution is 0.390. The molecule has 0 amide bonds. The molecule has 0 saturated heterocycles. The monoisotopic (exact) mass is 1060 g/mol. The third-order valence-electron chi connectivity index (χ3n) is 11.1. The standard InChI is InChI=1S/2C23H25FN6O4S2/c2*1-5-16-12-35-23(27-16)22-29-28-20(30(22)21-17(33-3)7-6-8-18(21)34-4)13-36(31,32)14(2)9-19-25-10-15(24)11-26-19/h2*6-8,10-12,14H,5,9,13H2,1-4H3/t2*14-/m10/s1. The van der Waals surface area contributed by atoms with Crippen molar-refractivity contribution in [1.29, 1.82) is 0 Å². The number of methoxy groups -OCH3 is 4. The number of ether oxygens (including phenoxy) is 4. The summed E-state index contributed by atoms with van der Waals surface area (Å²) in [6.07, 6.45) is 5.57. The highest BCUT2D eigenvalue weighted by molar-refractivity contribution is 7.91. The first-order valence-corrected chi connectivity index (χ1v) is 27.3. The Morgan fingerprint density at radius 1 is 0.556 bits per heavy atom. The van der Waals surface area contributed by atoms with Gasteiger partial charge >= 0.3 is 0 Å². The maximum absolute atomic E-state index is 13.4. The van der Waals surface area contributed by atoms with Crippen molar-refractivity contribution in [2.24, 2.45) is 0 Å². The summed E-state index contributed by atoms with van der Waals surface area (Å²) in [7, 11) is -1.45. The fourth-order valence-corrected chi connectivity index (χ4v) is 11.3. The summed E-state index contributed by atoms with van der Waals surface area (Å²) in [5.74, 6) is 1.36. The Bertz CT molecular complexity index is 3080. The van der Waals surface area contributed by atoms with E-state index in [1.54, 1.807) is 59.4 Å². The lowest BCUT2D eigenvalue weighted by Crippen LogP contribution is -2.24. The number of aryl methyl sites for hydroxylation is 2. The van der Waals surface area contributed by atoms with E-state index in [4.69, 9.17) is 18.9 Å². The molecule has 6 heterocycles. The highest BCUT2D eigenvalue weighted by atomic mass is 32.2. The van der Waals surface area contributed by atoms with E-state index in [1.807, 2.05) is 24.6 Å². The van der Waals surface area contributed by atoms with Gasteiger partial charge in [-0.25, -0.2) is 55.5 Å². The van der Waals surface area contributed by atoms with E-state index in [-0.39, 0.29) is 36.1 Å². The highest BCUT2D eigenvalue weighted by Crippen LogP contribution is 2.39. The number of sulfone groups is 2. The fraction of sp³-hybridized carbons (Fsp3) is 0.348. The van der Waals surface area contributed by atoms with Crippen molar-refractivity contribution in [3.8, 4) is 56.0 Å². The predicted octanol–water partition coefficient (Wildman–Crippen LogP) is 6.89. The van der Waals surface area contributed by atoms with E-state index in [1.165, 1.54) is 51.1 Å². The molecule has 0 bridgehead atoms. The average molecular weight is 1070 g/mol. The Kier molecular flexibility index (Phi) is 17.0. The van der Waals surface area contributed by atoms with Gasteiger partial charge in [0.1, 0.15) is 57.5 Å². The van der Waals surface area contributed by atoms with Gasteiger partial charge < -0.3 is 18.9 Å². The molecule has 0 spiro atoms.